The van der Waals surface area contributed by atoms with E-state index >= 15 is 0 Å². The monoisotopic (exact) mass is 556 g/mol. The zero-order valence-corrected chi connectivity index (χ0v) is 25.2. The maximum absolute atomic E-state index is 2.49. The molecular weight excluding hydrogens is 521 g/mol. The molecule has 4 aromatic carbocycles. The van der Waals surface area contributed by atoms with Crippen LogP contribution in [0.4, 0.5) is 0 Å². The van der Waals surface area contributed by atoms with Gasteiger partial charge in [-0.05, 0) is 145 Å². The second-order valence-electron chi connectivity index (χ2n) is 11.5. The van der Waals surface area contributed by atoms with E-state index in [4.69, 9.17) is 0 Å². The largest absolute Gasteiger partial charge is 0.140 e. The van der Waals surface area contributed by atoms with Crippen molar-refractivity contribution in [3.8, 4) is 22.3 Å². The smallest absolute Gasteiger partial charge is 0.0381 e. The van der Waals surface area contributed by atoms with E-state index in [1.165, 1.54) is 126 Å². The van der Waals surface area contributed by atoms with Crippen molar-refractivity contribution in [2.45, 2.75) is 65.2 Å². The van der Waals surface area contributed by atoms with Gasteiger partial charge < -0.3 is 0 Å². The molecule has 0 nitrogen and oxygen atoms in total. The van der Waals surface area contributed by atoms with E-state index in [1.54, 1.807) is 0 Å². The summed E-state index contributed by atoms with van der Waals surface area (Å²) in [5.74, 6) is 0. The van der Waals surface area contributed by atoms with Crippen LogP contribution in [0.1, 0.15) is 57.7 Å². The van der Waals surface area contributed by atoms with Crippen LogP contribution in [0.2, 0.25) is 0 Å². The minimum atomic E-state index is 1.18. The van der Waals surface area contributed by atoms with Crippen molar-refractivity contribution in [1.82, 2.24) is 0 Å². The third kappa shape index (κ3) is 4.82. The number of unbranched alkanes of at least 4 members (excludes halogenated alkanes) is 2. The van der Waals surface area contributed by atoms with E-state index in [-0.39, 0.29) is 0 Å². The van der Waals surface area contributed by atoms with Crippen molar-refractivity contribution in [1.29, 1.82) is 0 Å². The van der Waals surface area contributed by atoms with Crippen LogP contribution in [0.25, 0.3) is 42.4 Å². The van der Waals surface area contributed by atoms with Gasteiger partial charge >= 0.3 is 0 Å². The number of benzene rings is 4. The summed E-state index contributed by atoms with van der Waals surface area (Å²) in [6.45, 7) is 4.70. The molecule has 0 N–H and O–H groups in total. The van der Waals surface area contributed by atoms with Gasteiger partial charge in [0, 0.05) is 19.2 Å². The first kappa shape index (κ1) is 25.7. The number of hydrogen-bond donors (Lipinski definition) is 0. The Labute approximate surface area is 246 Å². The van der Waals surface area contributed by atoms with Crippen molar-refractivity contribution in [3.05, 3.63) is 117 Å². The van der Waals surface area contributed by atoms with E-state index in [1.807, 2.05) is 22.7 Å². The predicted molar refractivity (Wildman–Crippen MR) is 177 cm³/mol. The standard InChI is InChI=1S/C38H36S2/c1-25-35-33(23-29-21-31(39-37(25)29)19-11-9-17-27-13-5-3-6-14-27)36-26(2)38-30(24-34(35)36)22-32(40-38)20-12-10-18-28-15-7-4-8-16-28/h3-8,13-16,21-24H,9-12,17-20H2,1-2H3. The van der Waals surface area contributed by atoms with Gasteiger partial charge in [-0.3, -0.25) is 0 Å². The van der Waals surface area contributed by atoms with Crippen molar-refractivity contribution < 1.29 is 0 Å². The van der Waals surface area contributed by atoms with Gasteiger partial charge in [-0.15, -0.1) is 22.7 Å². The van der Waals surface area contributed by atoms with Gasteiger partial charge in [0.15, 0.2) is 0 Å². The van der Waals surface area contributed by atoms with Gasteiger partial charge in [0.05, 0.1) is 0 Å². The van der Waals surface area contributed by atoms with Crippen LogP contribution in [0, 0.1) is 13.8 Å². The van der Waals surface area contributed by atoms with Gasteiger partial charge in [0.25, 0.3) is 0 Å². The predicted octanol–water partition coefficient (Wildman–Crippen LogP) is 11.5. The van der Waals surface area contributed by atoms with E-state index in [2.05, 4.69) is 98.8 Å². The average Bonchev–Trinajstić information content (AvgIpc) is 3.58. The van der Waals surface area contributed by atoms with Crippen LogP contribution in [0.3, 0.4) is 0 Å². The van der Waals surface area contributed by atoms with Crippen molar-refractivity contribution in [3.63, 3.8) is 0 Å². The Hall–Kier alpha value is -3.20. The molecule has 0 bridgehead atoms. The minimum Gasteiger partial charge on any atom is -0.140 e. The Morgan fingerprint density at radius 1 is 0.475 bits per heavy atom. The second-order valence-corrected chi connectivity index (χ2v) is 13.8. The molecule has 2 heterocycles. The molecule has 0 saturated carbocycles. The van der Waals surface area contributed by atoms with E-state index in [9.17, 15) is 0 Å². The number of rotatable bonds is 10. The quantitative estimate of drug-likeness (QED) is 0.147. The molecule has 1 aliphatic carbocycles. The fraction of sp³-hybridized carbons (Fsp3) is 0.263. The number of fused-ring (bicyclic) bond motifs is 6. The Kier molecular flexibility index (Phi) is 7.08. The van der Waals surface area contributed by atoms with Gasteiger partial charge in [-0.25, -0.2) is 0 Å². The Morgan fingerprint density at radius 3 is 1.30 bits per heavy atom. The van der Waals surface area contributed by atoms with E-state index < -0.39 is 0 Å². The molecule has 0 radical (unpaired) electrons. The highest BCUT2D eigenvalue weighted by molar-refractivity contribution is 7.19. The highest BCUT2D eigenvalue weighted by Crippen LogP contribution is 2.55. The first-order valence-electron chi connectivity index (χ1n) is 14.9. The Bertz CT molecular complexity index is 1650. The summed E-state index contributed by atoms with van der Waals surface area (Å²) >= 11 is 4.05. The number of aryl methyl sites for hydroxylation is 6. The van der Waals surface area contributed by atoms with Crippen molar-refractivity contribution in [2.24, 2.45) is 0 Å². The lowest BCUT2D eigenvalue weighted by Crippen LogP contribution is -2.03. The first-order valence-corrected chi connectivity index (χ1v) is 16.5. The first-order chi connectivity index (χ1) is 19.7. The number of hydrogen-bond acceptors (Lipinski definition) is 2. The SMILES string of the molecule is Cc1c2c(cc3cc(CCCCc4ccccc4)sc13)-c1c-2cc2cc(CCCCc3ccccc3)sc2c1C. The van der Waals surface area contributed by atoms with Crippen LogP contribution < -0.4 is 0 Å². The molecule has 0 saturated heterocycles. The van der Waals surface area contributed by atoms with Gasteiger partial charge in [-0.2, -0.15) is 0 Å². The summed E-state index contributed by atoms with van der Waals surface area (Å²) in [4.78, 5) is 3.07. The van der Waals surface area contributed by atoms with E-state index in [0.717, 1.165) is 0 Å². The molecular formula is C38H36S2. The highest BCUT2D eigenvalue weighted by Gasteiger charge is 2.29. The average molecular weight is 557 g/mol. The molecule has 200 valence electrons. The molecule has 40 heavy (non-hydrogen) atoms. The van der Waals surface area contributed by atoms with Crippen LogP contribution in [0.5, 0.6) is 0 Å². The van der Waals surface area contributed by atoms with Crippen LogP contribution in [-0.2, 0) is 25.7 Å². The van der Waals surface area contributed by atoms with Gasteiger partial charge in [-0.1, -0.05) is 60.7 Å². The summed E-state index contributed by atoms with van der Waals surface area (Å²) in [5, 5.41) is 2.88. The molecule has 0 amide bonds. The van der Waals surface area contributed by atoms with E-state index in [0.29, 0.717) is 0 Å². The lowest BCUT2D eigenvalue weighted by atomic mass is 9.75. The fourth-order valence-electron chi connectivity index (χ4n) is 6.62. The topological polar surface area (TPSA) is 0 Å². The van der Waals surface area contributed by atoms with Crippen LogP contribution in [0.15, 0.2) is 84.9 Å². The second kappa shape index (κ2) is 11.0. The fourth-order valence-corrected chi connectivity index (χ4v) is 8.99. The van der Waals surface area contributed by atoms with Gasteiger partial charge in [0.1, 0.15) is 0 Å². The number of thiophene rings is 2. The molecule has 0 spiro atoms. The molecule has 0 unspecified atom stereocenters. The normalized spacial score (nSPS) is 12.1. The summed E-state index contributed by atoms with van der Waals surface area (Å²) in [7, 11) is 0. The van der Waals surface area contributed by atoms with Crippen LogP contribution in [-0.4, -0.2) is 0 Å². The molecule has 6 aromatic rings. The van der Waals surface area contributed by atoms with Crippen molar-refractivity contribution in [2.75, 3.05) is 0 Å². The maximum Gasteiger partial charge on any atom is 0.0381 e. The third-order valence-electron chi connectivity index (χ3n) is 8.69. The summed E-state index contributed by atoms with van der Waals surface area (Å²) in [6, 6.07) is 31.7. The lowest BCUT2D eigenvalue weighted by molar-refractivity contribution is 0.740. The highest BCUT2D eigenvalue weighted by atomic mass is 32.1. The zero-order valence-electron chi connectivity index (χ0n) is 23.6. The summed E-state index contributed by atoms with van der Waals surface area (Å²) in [6.07, 6.45) is 9.75. The molecule has 2 aromatic heterocycles. The molecule has 0 atom stereocenters. The van der Waals surface area contributed by atoms with Gasteiger partial charge in [0.2, 0.25) is 0 Å². The Balaban J connectivity index is 1.07. The molecule has 2 heteroatoms. The molecule has 1 aliphatic rings. The van der Waals surface area contributed by atoms with Crippen molar-refractivity contribution >= 4 is 42.8 Å². The Morgan fingerprint density at radius 2 is 0.875 bits per heavy atom. The minimum absolute atomic E-state index is 1.18. The molecule has 7 rings (SSSR count). The zero-order chi connectivity index (χ0) is 27.1. The van der Waals surface area contributed by atoms with Crippen LogP contribution >= 0.6 is 22.7 Å². The third-order valence-corrected chi connectivity index (χ3v) is 11.4. The maximum atomic E-state index is 2.49. The summed E-state index contributed by atoms with van der Waals surface area (Å²) < 4.78 is 2.98. The lowest BCUT2D eigenvalue weighted by Gasteiger charge is -2.29. The molecule has 0 fully saturated rings. The summed E-state index contributed by atoms with van der Waals surface area (Å²) in [5.41, 5.74) is 11.8. The molecule has 0 aliphatic heterocycles.